The number of hydrogen-bond donors (Lipinski definition) is 1. The van der Waals surface area contributed by atoms with Gasteiger partial charge in [-0.25, -0.2) is 13.4 Å². The van der Waals surface area contributed by atoms with Gasteiger partial charge in [0.1, 0.15) is 0 Å². The average Bonchev–Trinajstić information content (AvgIpc) is 2.36. The van der Waals surface area contributed by atoms with Gasteiger partial charge in [-0.1, -0.05) is 23.7 Å². The molecule has 0 amide bonds. The maximum atomic E-state index is 12.4. The molecule has 0 spiro atoms. The molecule has 6 heteroatoms. The summed E-state index contributed by atoms with van der Waals surface area (Å²) in [5.41, 5.74) is 2.67. The molecular weight excluding hydrogens is 296 g/mol. The van der Waals surface area contributed by atoms with Crippen LogP contribution in [0.5, 0.6) is 0 Å². The highest BCUT2D eigenvalue weighted by Gasteiger charge is 2.18. The Hall–Kier alpha value is -1.59. The minimum Gasteiger partial charge on any atom is -0.276 e. The largest absolute Gasteiger partial charge is 0.276 e. The first-order valence-corrected chi connectivity index (χ1v) is 7.88. The van der Waals surface area contributed by atoms with E-state index in [9.17, 15) is 8.42 Å². The van der Waals surface area contributed by atoms with Crippen LogP contribution in [0.25, 0.3) is 0 Å². The number of anilines is 1. The zero-order valence-electron chi connectivity index (χ0n) is 11.4. The summed E-state index contributed by atoms with van der Waals surface area (Å²) in [6.45, 7) is 5.42. The van der Waals surface area contributed by atoms with Crippen molar-refractivity contribution in [1.82, 2.24) is 4.98 Å². The van der Waals surface area contributed by atoms with Crippen molar-refractivity contribution in [2.45, 2.75) is 25.7 Å². The number of nitrogens with one attached hydrogen (secondary N) is 1. The zero-order chi connectivity index (χ0) is 14.9. The molecule has 1 aromatic carbocycles. The van der Waals surface area contributed by atoms with Gasteiger partial charge in [0.05, 0.1) is 10.6 Å². The molecule has 0 radical (unpaired) electrons. The Labute approximate surface area is 123 Å². The van der Waals surface area contributed by atoms with E-state index in [1.807, 2.05) is 19.9 Å². The van der Waals surface area contributed by atoms with Gasteiger partial charge in [-0.15, -0.1) is 0 Å². The fraction of sp³-hybridized carbons (Fsp3) is 0.214. The summed E-state index contributed by atoms with van der Waals surface area (Å²) in [5, 5.41) is 0.129. The third-order valence-corrected chi connectivity index (χ3v) is 4.66. The van der Waals surface area contributed by atoms with E-state index in [2.05, 4.69) is 9.71 Å². The van der Waals surface area contributed by atoms with E-state index in [1.165, 1.54) is 0 Å². The molecule has 2 rings (SSSR count). The van der Waals surface area contributed by atoms with Crippen LogP contribution in [0.3, 0.4) is 0 Å². The van der Waals surface area contributed by atoms with E-state index < -0.39 is 10.0 Å². The second kappa shape index (κ2) is 5.42. The lowest BCUT2D eigenvalue weighted by Gasteiger charge is -2.12. The number of nitrogens with zero attached hydrogens (tertiary/aromatic N) is 1. The van der Waals surface area contributed by atoms with Crippen molar-refractivity contribution < 1.29 is 8.42 Å². The van der Waals surface area contributed by atoms with Gasteiger partial charge in [0.15, 0.2) is 5.15 Å². The van der Waals surface area contributed by atoms with Crippen LogP contribution in [-0.2, 0) is 10.0 Å². The van der Waals surface area contributed by atoms with Gasteiger partial charge in [-0.3, -0.25) is 4.72 Å². The van der Waals surface area contributed by atoms with Crippen LogP contribution in [0.2, 0.25) is 5.15 Å². The smallest absolute Gasteiger partial charge is 0.262 e. The molecule has 0 unspecified atom stereocenters. The summed E-state index contributed by atoms with van der Waals surface area (Å²) in [5.74, 6) is 0. The molecule has 2 aromatic rings. The highest BCUT2D eigenvalue weighted by atomic mass is 35.5. The third kappa shape index (κ3) is 3.11. The molecule has 0 atom stereocenters. The molecule has 1 heterocycles. The molecule has 0 bridgehead atoms. The topological polar surface area (TPSA) is 59.1 Å². The Morgan fingerprint density at radius 1 is 1.10 bits per heavy atom. The average molecular weight is 311 g/mol. The third-order valence-electron chi connectivity index (χ3n) is 2.85. The van der Waals surface area contributed by atoms with Crippen LogP contribution in [0.4, 0.5) is 5.69 Å². The SMILES string of the molecule is Cc1cnc(Cl)c(NS(=O)(=O)c2cc(C)ccc2C)c1. The molecule has 1 aromatic heterocycles. The second-order valence-corrected chi connectivity index (χ2v) is 6.73. The van der Waals surface area contributed by atoms with Gasteiger partial charge in [-0.05, 0) is 49.6 Å². The number of rotatable bonds is 3. The lowest BCUT2D eigenvalue weighted by molar-refractivity contribution is 0.600. The molecule has 4 nitrogen and oxygen atoms in total. The number of aryl methyl sites for hydroxylation is 3. The van der Waals surface area contributed by atoms with Crippen molar-refractivity contribution in [1.29, 1.82) is 0 Å². The second-order valence-electron chi connectivity index (χ2n) is 4.73. The van der Waals surface area contributed by atoms with Crippen LogP contribution >= 0.6 is 11.6 Å². The summed E-state index contributed by atoms with van der Waals surface area (Å²) >= 11 is 5.92. The maximum Gasteiger partial charge on any atom is 0.262 e. The standard InChI is InChI=1S/C14H15ClN2O2S/c1-9-4-5-11(3)13(7-9)20(18,19)17-12-6-10(2)8-16-14(12)15/h4-8,17H,1-3H3. The molecule has 0 aliphatic rings. The number of halogens is 1. The van der Waals surface area contributed by atoms with Crippen LogP contribution in [0, 0.1) is 20.8 Å². The first-order chi connectivity index (χ1) is 9.29. The Morgan fingerprint density at radius 2 is 1.80 bits per heavy atom. The van der Waals surface area contributed by atoms with E-state index >= 15 is 0 Å². The molecular formula is C14H15ClN2O2S. The van der Waals surface area contributed by atoms with E-state index in [0.717, 1.165) is 11.1 Å². The van der Waals surface area contributed by atoms with Gasteiger partial charge < -0.3 is 0 Å². The van der Waals surface area contributed by atoms with E-state index in [4.69, 9.17) is 11.6 Å². The molecule has 0 saturated carbocycles. The fourth-order valence-electron chi connectivity index (χ4n) is 1.82. The molecule has 0 saturated heterocycles. The lowest BCUT2D eigenvalue weighted by Crippen LogP contribution is -2.15. The Morgan fingerprint density at radius 3 is 2.50 bits per heavy atom. The van der Waals surface area contributed by atoms with Crippen LogP contribution in [0.15, 0.2) is 35.4 Å². The molecule has 0 aliphatic heterocycles. The van der Waals surface area contributed by atoms with Crippen molar-refractivity contribution in [2.75, 3.05) is 4.72 Å². The summed E-state index contributed by atoms with van der Waals surface area (Å²) in [4.78, 5) is 4.18. The Kier molecular flexibility index (Phi) is 4.01. The normalized spacial score (nSPS) is 11.4. The quantitative estimate of drug-likeness (QED) is 0.883. The highest BCUT2D eigenvalue weighted by molar-refractivity contribution is 7.92. The number of benzene rings is 1. The Balaban J connectivity index is 2.46. The summed E-state index contributed by atoms with van der Waals surface area (Å²) in [6.07, 6.45) is 1.58. The first-order valence-electron chi connectivity index (χ1n) is 6.02. The Bertz CT molecular complexity index is 758. The van der Waals surface area contributed by atoms with Gasteiger partial charge >= 0.3 is 0 Å². The molecule has 20 heavy (non-hydrogen) atoms. The lowest BCUT2D eigenvalue weighted by atomic mass is 10.2. The first kappa shape index (κ1) is 14.8. The minimum absolute atomic E-state index is 0.129. The van der Waals surface area contributed by atoms with Gasteiger partial charge in [-0.2, -0.15) is 0 Å². The van der Waals surface area contributed by atoms with Crippen molar-refractivity contribution >= 4 is 27.3 Å². The summed E-state index contributed by atoms with van der Waals surface area (Å²) < 4.78 is 27.4. The van der Waals surface area contributed by atoms with Crippen molar-refractivity contribution in [3.63, 3.8) is 0 Å². The monoisotopic (exact) mass is 310 g/mol. The van der Waals surface area contributed by atoms with E-state index in [1.54, 1.807) is 31.3 Å². The summed E-state index contributed by atoms with van der Waals surface area (Å²) in [6, 6.07) is 6.93. The van der Waals surface area contributed by atoms with Crippen LogP contribution in [0.1, 0.15) is 16.7 Å². The minimum atomic E-state index is -3.68. The van der Waals surface area contributed by atoms with Crippen molar-refractivity contribution in [3.8, 4) is 0 Å². The van der Waals surface area contributed by atoms with E-state index in [0.29, 0.717) is 5.56 Å². The predicted octanol–water partition coefficient (Wildman–Crippen LogP) is 3.46. The fourth-order valence-corrected chi connectivity index (χ4v) is 3.42. The molecule has 0 fully saturated rings. The molecule has 0 aliphatic carbocycles. The number of pyridine rings is 1. The van der Waals surface area contributed by atoms with Crippen molar-refractivity contribution in [2.24, 2.45) is 0 Å². The molecule has 106 valence electrons. The van der Waals surface area contributed by atoms with Crippen molar-refractivity contribution in [3.05, 3.63) is 52.3 Å². The van der Waals surface area contributed by atoms with Crippen LogP contribution in [-0.4, -0.2) is 13.4 Å². The maximum absolute atomic E-state index is 12.4. The number of hydrogen-bond acceptors (Lipinski definition) is 3. The van der Waals surface area contributed by atoms with Gasteiger partial charge in [0.25, 0.3) is 10.0 Å². The molecule has 1 N–H and O–H groups in total. The van der Waals surface area contributed by atoms with E-state index in [-0.39, 0.29) is 15.7 Å². The number of aromatic nitrogens is 1. The summed E-state index contributed by atoms with van der Waals surface area (Å²) in [7, 11) is -3.68. The zero-order valence-corrected chi connectivity index (χ0v) is 13.0. The predicted molar refractivity (Wildman–Crippen MR) is 80.7 cm³/mol. The number of sulfonamides is 1. The van der Waals surface area contributed by atoms with Gasteiger partial charge in [0.2, 0.25) is 0 Å². The highest BCUT2D eigenvalue weighted by Crippen LogP contribution is 2.25. The van der Waals surface area contributed by atoms with Gasteiger partial charge in [0, 0.05) is 6.20 Å². The van der Waals surface area contributed by atoms with Crippen LogP contribution < -0.4 is 4.72 Å².